The zero-order valence-electron chi connectivity index (χ0n) is 73.2. The lowest BCUT2D eigenvalue weighted by molar-refractivity contribution is 0.0981. The largest absolute Gasteiger partial charge is 0.493 e. The molecule has 3 unspecified atom stereocenters. The first-order chi connectivity index (χ1) is 56.4. The number of aliphatic hydroxyl groups excluding tert-OH is 3. The van der Waals surface area contributed by atoms with Gasteiger partial charge < -0.3 is 43.7 Å². The van der Waals surface area contributed by atoms with Crippen molar-refractivity contribution in [1.82, 2.24) is 0 Å². The number of hydrogen-bond acceptors (Lipinski definition) is 10. The van der Waals surface area contributed by atoms with Gasteiger partial charge in [-0.25, -0.2) is 0 Å². The van der Waals surface area contributed by atoms with Gasteiger partial charge in [0.1, 0.15) is 34.5 Å². The number of carbonyl (C=O) groups is 1. The maximum absolute atomic E-state index is 11.9. The Hall–Kier alpha value is -6.33. The van der Waals surface area contributed by atoms with E-state index in [1.807, 2.05) is 98.8 Å². The van der Waals surface area contributed by atoms with Crippen molar-refractivity contribution in [3.8, 4) is 34.5 Å². The van der Waals surface area contributed by atoms with Crippen molar-refractivity contribution in [1.29, 1.82) is 0 Å². The molecule has 0 radical (unpaired) electrons. The number of rotatable bonds is 36. The minimum absolute atomic E-state index is 0.215. The summed E-state index contributed by atoms with van der Waals surface area (Å²) in [6.45, 7) is 17.8. The second kappa shape index (κ2) is 60.2. The summed E-state index contributed by atoms with van der Waals surface area (Å²) in [6, 6.07) is 49.1. The number of ketones is 1. The van der Waals surface area contributed by atoms with Gasteiger partial charge in [-0.05, 0) is 271 Å². The van der Waals surface area contributed by atoms with E-state index in [-0.39, 0.29) is 24.1 Å². The van der Waals surface area contributed by atoms with Gasteiger partial charge in [-0.1, -0.05) is 275 Å². The third-order valence-corrected chi connectivity index (χ3v) is 24.5. The highest BCUT2D eigenvalue weighted by atomic mass is 16.5. The predicted molar refractivity (Wildman–Crippen MR) is 481 cm³/mol. The number of ether oxygens (including phenoxy) is 6. The van der Waals surface area contributed by atoms with Crippen LogP contribution in [0.2, 0.25) is 0 Å². The summed E-state index contributed by atoms with van der Waals surface area (Å²) < 4.78 is 35.7. The molecule has 6 saturated carbocycles. The number of benzene rings is 6. The number of aliphatic hydroxyl groups is 3. The van der Waals surface area contributed by atoms with Gasteiger partial charge in [0.15, 0.2) is 5.78 Å². The Kier molecular flexibility index (Phi) is 50.1. The van der Waals surface area contributed by atoms with Crippen molar-refractivity contribution >= 4 is 5.78 Å². The van der Waals surface area contributed by atoms with E-state index < -0.39 is 0 Å². The Labute approximate surface area is 700 Å². The number of Topliss-reactive ketones (excluding diaryl/α,β-unsaturated/α-hetero) is 1. The van der Waals surface area contributed by atoms with Crippen LogP contribution in [0.15, 0.2) is 146 Å². The van der Waals surface area contributed by atoms with Gasteiger partial charge in [-0.3, -0.25) is 4.79 Å². The molecule has 10 heteroatoms. The van der Waals surface area contributed by atoms with Crippen LogP contribution in [0.1, 0.15) is 374 Å². The van der Waals surface area contributed by atoms with E-state index in [1.165, 1.54) is 262 Å². The average molecular weight is 1580 g/mol. The topological polar surface area (TPSA) is 133 Å². The van der Waals surface area contributed by atoms with E-state index in [0.29, 0.717) is 18.3 Å². The molecular formula is C105H160O10. The van der Waals surface area contributed by atoms with Crippen LogP contribution >= 0.6 is 0 Å². The van der Waals surface area contributed by atoms with Crippen LogP contribution in [0.3, 0.4) is 0 Å². The van der Waals surface area contributed by atoms with Crippen LogP contribution in [0.5, 0.6) is 34.5 Å². The number of carbonyl (C=O) groups excluding carboxylic acids is 1. The van der Waals surface area contributed by atoms with Crippen LogP contribution in [0.25, 0.3) is 0 Å². The minimum Gasteiger partial charge on any atom is -0.493 e. The van der Waals surface area contributed by atoms with Gasteiger partial charge in [0.2, 0.25) is 0 Å². The molecule has 6 fully saturated rings. The summed E-state index contributed by atoms with van der Waals surface area (Å²) >= 11 is 0. The van der Waals surface area contributed by atoms with E-state index in [4.69, 9.17) is 28.4 Å². The second-order valence-corrected chi connectivity index (χ2v) is 34.8. The zero-order chi connectivity index (χ0) is 81.4. The number of unbranched alkanes of at least 4 members (excludes halogenated alkanes) is 2. The molecule has 6 aromatic rings. The summed E-state index contributed by atoms with van der Waals surface area (Å²) in [7, 11) is 0. The highest BCUT2D eigenvalue weighted by Crippen LogP contribution is 2.33. The number of aryl methyl sites for hydroxylation is 2. The maximum Gasteiger partial charge on any atom is 0.162 e. The maximum atomic E-state index is 11.9. The predicted octanol–water partition coefficient (Wildman–Crippen LogP) is 28.7. The van der Waals surface area contributed by atoms with Crippen LogP contribution < -0.4 is 28.4 Å². The Morgan fingerprint density at radius 1 is 0.313 bits per heavy atom. The van der Waals surface area contributed by atoms with E-state index in [1.54, 1.807) is 0 Å². The first-order valence-corrected chi connectivity index (χ1v) is 47.3. The molecule has 3 atom stereocenters. The van der Waals surface area contributed by atoms with Gasteiger partial charge in [0.05, 0.1) is 58.0 Å². The second-order valence-electron chi connectivity index (χ2n) is 34.8. The molecule has 640 valence electrons. The summed E-state index contributed by atoms with van der Waals surface area (Å²) in [5.41, 5.74) is 6.73. The summed E-state index contributed by atoms with van der Waals surface area (Å²) in [5.74, 6) is 10.4. The molecule has 0 amide bonds. The van der Waals surface area contributed by atoms with Gasteiger partial charge >= 0.3 is 0 Å². The molecule has 3 N–H and O–H groups in total. The fraction of sp³-hybridized carbons (Fsp3) is 0.648. The normalized spacial score (nSPS) is 17.6. The SMILES string of the molecule is CCC(O)Cc1cccc(OCC2CCCCC2)c1.CCCC(=O)c1cccc(OCC2CCCCCC2)c1.CCCC(O)c1cccc(OCC2CCCCC2)c1.CCCC(O)c1cccc(OCC2CCCCCC2)c1.CCCCc1cccc(OCC2CCCCC2)c1.CCCCc1cccc(OCC2CCCCCC2)c1. The molecular weight excluding hydrogens is 1420 g/mol. The quantitative estimate of drug-likeness (QED) is 0.0258. The van der Waals surface area contributed by atoms with Crippen molar-refractivity contribution in [2.24, 2.45) is 35.5 Å². The summed E-state index contributed by atoms with van der Waals surface area (Å²) in [6.07, 6.45) is 57.8. The molecule has 12 rings (SSSR count). The summed E-state index contributed by atoms with van der Waals surface area (Å²) in [4.78, 5) is 11.9. The average Bonchev–Trinajstić information content (AvgIpc) is 0.978. The Morgan fingerprint density at radius 2 is 0.583 bits per heavy atom. The Balaban J connectivity index is 0.000000191. The van der Waals surface area contributed by atoms with Crippen molar-refractivity contribution in [3.63, 3.8) is 0 Å². The van der Waals surface area contributed by atoms with Crippen molar-refractivity contribution < 1.29 is 48.5 Å². The van der Waals surface area contributed by atoms with E-state index in [0.717, 1.165) is 165 Å². The highest BCUT2D eigenvalue weighted by Gasteiger charge is 2.21. The van der Waals surface area contributed by atoms with Crippen LogP contribution in [-0.2, 0) is 19.3 Å². The Morgan fingerprint density at radius 3 is 0.878 bits per heavy atom. The first kappa shape index (κ1) is 95.8. The smallest absolute Gasteiger partial charge is 0.162 e. The molecule has 6 aliphatic rings. The molecule has 0 spiro atoms. The monoisotopic (exact) mass is 1580 g/mol. The van der Waals surface area contributed by atoms with Crippen molar-refractivity contribution in [2.75, 3.05) is 39.6 Å². The van der Waals surface area contributed by atoms with E-state index >= 15 is 0 Å². The molecule has 10 nitrogen and oxygen atoms in total. The fourth-order valence-corrected chi connectivity index (χ4v) is 17.1. The lowest BCUT2D eigenvalue weighted by atomic mass is 9.90. The molecule has 6 aliphatic carbocycles. The molecule has 0 aromatic heterocycles. The molecule has 6 aromatic carbocycles. The third kappa shape index (κ3) is 41.8. The van der Waals surface area contributed by atoms with Gasteiger partial charge in [-0.15, -0.1) is 0 Å². The molecule has 0 saturated heterocycles. The molecule has 115 heavy (non-hydrogen) atoms. The fourth-order valence-electron chi connectivity index (χ4n) is 17.1. The van der Waals surface area contributed by atoms with E-state index in [9.17, 15) is 20.1 Å². The summed E-state index contributed by atoms with van der Waals surface area (Å²) in [5, 5.41) is 29.7. The third-order valence-electron chi connectivity index (χ3n) is 24.5. The highest BCUT2D eigenvalue weighted by molar-refractivity contribution is 5.96. The zero-order valence-corrected chi connectivity index (χ0v) is 73.2. The minimum atomic E-state index is -0.360. The van der Waals surface area contributed by atoms with Gasteiger partial charge in [0.25, 0.3) is 0 Å². The first-order valence-electron chi connectivity index (χ1n) is 47.3. The van der Waals surface area contributed by atoms with Crippen LogP contribution in [0.4, 0.5) is 0 Å². The van der Waals surface area contributed by atoms with Gasteiger partial charge in [0, 0.05) is 12.0 Å². The van der Waals surface area contributed by atoms with Crippen molar-refractivity contribution in [2.45, 2.75) is 362 Å². The molecule has 0 bridgehead atoms. The molecule has 0 aliphatic heterocycles. The Bertz CT molecular complexity index is 3380. The number of hydrogen-bond donors (Lipinski definition) is 3. The molecule has 0 heterocycles. The lowest BCUT2D eigenvalue weighted by Gasteiger charge is -2.22. The van der Waals surface area contributed by atoms with Gasteiger partial charge in [-0.2, -0.15) is 0 Å². The van der Waals surface area contributed by atoms with Crippen LogP contribution in [-0.4, -0.2) is 66.8 Å². The van der Waals surface area contributed by atoms with Crippen LogP contribution in [0, 0.1) is 35.5 Å². The standard InChI is InChI=1S/C18H28O2.C18H26O2.C18H28O.2C17H26O2.C17H26O/c2*1-2-8-18(19)16-11-7-12-17(13-16)20-14-15-9-5-3-4-6-10-15;1-2-3-9-16-12-8-13-18(14-16)19-15-17-10-6-4-5-7-11-17;1-2-16(18)11-15-9-6-10-17(12-15)19-13-14-7-4-3-5-8-14;1-2-7-17(18)15-10-6-11-16(12-15)19-13-14-8-4-3-5-9-14;1-2-3-8-15-11-7-12-17(13-15)18-14-16-9-5-4-6-10-16/h7,11-13,15,18-19H,2-6,8-10,14H2,1H3;7,11-13,15H,2-6,8-10,14H2,1H3;8,12-14,17H,2-7,9-11,15H2,1H3;6,9-10,12,14,16,18H,2-5,7-8,11,13H2,1H3;6,10-12,14,17-18H,2-5,7-9,13H2,1H3;7,11-13,16H,2-6,8-10,14H2,1H3. The van der Waals surface area contributed by atoms with Crippen molar-refractivity contribution in [3.05, 3.63) is 179 Å². The lowest BCUT2D eigenvalue weighted by Crippen LogP contribution is -2.15. The van der Waals surface area contributed by atoms with E-state index in [2.05, 4.69) is 88.4 Å².